The van der Waals surface area contributed by atoms with Crippen LogP contribution in [-0.2, 0) is 42.2 Å². The van der Waals surface area contributed by atoms with Gasteiger partial charge in [0.1, 0.15) is 5.60 Å². The maximum absolute atomic E-state index is 11.8. The van der Waals surface area contributed by atoms with Gasteiger partial charge in [0.05, 0.1) is 5.91 Å². The van der Waals surface area contributed by atoms with E-state index in [1.165, 1.54) is 0 Å². The van der Waals surface area contributed by atoms with Gasteiger partial charge in [0.15, 0.2) is 0 Å². The minimum absolute atomic E-state index is 0. The minimum atomic E-state index is -0.454. The van der Waals surface area contributed by atoms with Crippen LogP contribution in [0.25, 0.3) is 0 Å². The van der Waals surface area contributed by atoms with Gasteiger partial charge in [-0.15, -0.1) is 0 Å². The molecule has 1 aliphatic carbocycles. The predicted molar refractivity (Wildman–Crippen MR) is 95.3 cm³/mol. The van der Waals surface area contributed by atoms with Crippen LogP contribution >= 0.6 is 0 Å². The molecule has 0 bridgehead atoms. The number of likely N-dealkylation sites (tertiary alicyclic amines) is 1. The van der Waals surface area contributed by atoms with Crippen LogP contribution in [0.15, 0.2) is 0 Å². The Morgan fingerprint density at radius 1 is 1.04 bits per heavy atom. The van der Waals surface area contributed by atoms with Crippen molar-refractivity contribution in [2.45, 2.75) is 76.6 Å². The molecular formula is C18H33N3O3Y-2. The SMILES string of the molecule is [CH2-]C(=O)NC1CCN(C2CCC(NC(=O)OC(C)(C)C)CC2)C1.[CH3-].[Y]. The maximum atomic E-state index is 11.8. The van der Waals surface area contributed by atoms with Crippen LogP contribution in [0.3, 0.4) is 0 Å². The normalized spacial score (nSPS) is 26.8. The summed E-state index contributed by atoms with van der Waals surface area (Å²) in [5, 5.41) is 5.88. The second-order valence-corrected chi connectivity index (χ2v) is 7.70. The third-order valence-corrected chi connectivity index (χ3v) is 4.52. The standard InChI is InChI=1S/C17H30N3O3.CH3.Y/c1-12(21)18-14-9-10-20(11-14)15-7-5-13(6-8-15)19-16(22)23-17(2,3)4;;/h13-15H,1,5-11H2,2-4H3,(H,18,21)(H,19,22);1H3;/q2*-1;. The van der Waals surface area contributed by atoms with E-state index < -0.39 is 5.60 Å². The van der Waals surface area contributed by atoms with Gasteiger partial charge in [0, 0.05) is 63.9 Å². The first kappa shape index (κ1) is 24.7. The number of nitrogens with zero attached hydrogens (tertiary/aromatic N) is 1. The number of hydrogen-bond donors (Lipinski definition) is 2. The van der Waals surface area contributed by atoms with Crippen molar-refractivity contribution in [2.24, 2.45) is 0 Å². The van der Waals surface area contributed by atoms with E-state index in [9.17, 15) is 9.59 Å². The van der Waals surface area contributed by atoms with E-state index in [2.05, 4.69) is 22.5 Å². The van der Waals surface area contributed by atoms with Crippen molar-refractivity contribution in [3.05, 3.63) is 14.4 Å². The number of amides is 2. The molecule has 1 radical (unpaired) electrons. The van der Waals surface area contributed by atoms with Gasteiger partial charge in [-0.1, -0.05) is 0 Å². The van der Waals surface area contributed by atoms with Crippen LogP contribution in [0.5, 0.6) is 0 Å². The molecule has 2 rings (SSSR count). The molecule has 0 aromatic heterocycles. The van der Waals surface area contributed by atoms with Gasteiger partial charge in [0.2, 0.25) is 0 Å². The van der Waals surface area contributed by atoms with E-state index in [-0.39, 0.29) is 64.2 Å². The molecule has 1 heterocycles. The summed E-state index contributed by atoms with van der Waals surface area (Å²) in [4.78, 5) is 25.3. The molecule has 1 saturated heterocycles. The zero-order chi connectivity index (χ0) is 17.0. The number of alkyl carbamates (subject to hydrolysis) is 1. The first-order valence-corrected chi connectivity index (χ1v) is 8.59. The number of nitrogens with one attached hydrogen (secondary N) is 2. The Bertz CT molecular complexity index is 432. The maximum Gasteiger partial charge on any atom is 0.407 e. The molecule has 2 fully saturated rings. The van der Waals surface area contributed by atoms with Crippen LogP contribution < -0.4 is 10.6 Å². The van der Waals surface area contributed by atoms with E-state index in [4.69, 9.17) is 4.74 Å². The quantitative estimate of drug-likeness (QED) is 0.677. The summed E-state index contributed by atoms with van der Waals surface area (Å²) < 4.78 is 5.31. The van der Waals surface area contributed by atoms with Gasteiger partial charge < -0.3 is 34.5 Å². The second-order valence-electron chi connectivity index (χ2n) is 7.70. The van der Waals surface area contributed by atoms with Gasteiger partial charge in [0.25, 0.3) is 0 Å². The summed E-state index contributed by atoms with van der Waals surface area (Å²) in [6, 6.07) is 0.995. The summed E-state index contributed by atoms with van der Waals surface area (Å²) in [5.74, 6) is -0.192. The summed E-state index contributed by atoms with van der Waals surface area (Å²) in [7, 11) is 0. The molecule has 1 atom stereocenters. The van der Waals surface area contributed by atoms with Gasteiger partial charge in [-0.05, 0) is 52.9 Å². The first-order valence-electron chi connectivity index (χ1n) is 8.59. The molecule has 1 unspecified atom stereocenters. The Kier molecular flexibility index (Phi) is 10.6. The molecule has 25 heavy (non-hydrogen) atoms. The van der Waals surface area contributed by atoms with Crippen LogP contribution in [0.4, 0.5) is 4.79 Å². The molecule has 2 amide bonds. The Morgan fingerprint density at radius 2 is 1.64 bits per heavy atom. The zero-order valence-electron chi connectivity index (χ0n) is 16.1. The van der Waals surface area contributed by atoms with Gasteiger partial charge in [-0.25, -0.2) is 4.79 Å². The topological polar surface area (TPSA) is 70.7 Å². The largest absolute Gasteiger partial charge is 0.444 e. The van der Waals surface area contributed by atoms with E-state index in [0.29, 0.717) is 6.04 Å². The first-order chi connectivity index (χ1) is 10.7. The van der Waals surface area contributed by atoms with E-state index >= 15 is 0 Å². The third-order valence-electron chi connectivity index (χ3n) is 4.52. The van der Waals surface area contributed by atoms with Gasteiger partial charge in [-0.3, -0.25) is 4.90 Å². The summed E-state index contributed by atoms with van der Waals surface area (Å²) >= 11 is 0. The van der Waals surface area contributed by atoms with Crippen LogP contribution in [-0.4, -0.2) is 53.7 Å². The summed E-state index contributed by atoms with van der Waals surface area (Å²) in [5.41, 5.74) is -0.454. The molecule has 0 spiro atoms. The molecule has 1 aliphatic heterocycles. The van der Waals surface area contributed by atoms with Gasteiger partial charge in [-0.2, -0.15) is 0 Å². The molecule has 2 aliphatic rings. The second kappa shape index (κ2) is 10.7. The Balaban J connectivity index is 0.00000288. The summed E-state index contributed by atoms with van der Waals surface area (Å²) in [6.45, 7) is 10.9. The molecule has 0 aromatic rings. The smallest absolute Gasteiger partial charge is 0.407 e. The van der Waals surface area contributed by atoms with Crippen molar-refractivity contribution in [3.8, 4) is 0 Å². The Labute approximate surface area is 178 Å². The molecular weight excluding hydrogens is 395 g/mol. The Morgan fingerprint density at radius 3 is 2.16 bits per heavy atom. The number of ether oxygens (including phenoxy) is 1. The monoisotopic (exact) mass is 428 g/mol. The fourth-order valence-electron chi connectivity index (χ4n) is 3.52. The molecule has 2 N–H and O–H groups in total. The van der Waals surface area contributed by atoms with Crippen LogP contribution in [0.1, 0.15) is 52.9 Å². The zero-order valence-corrected chi connectivity index (χ0v) is 19.0. The number of carbonyl (C=O) groups excluding carboxylic acids is 2. The predicted octanol–water partition coefficient (Wildman–Crippen LogP) is 2.29. The van der Waals surface area contributed by atoms with Gasteiger partial charge >= 0.3 is 6.09 Å². The number of hydrogen-bond acceptors (Lipinski definition) is 4. The van der Waals surface area contributed by atoms with Crippen LogP contribution in [0, 0.1) is 14.4 Å². The molecule has 7 heteroatoms. The van der Waals surface area contributed by atoms with E-state index in [0.717, 1.165) is 45.2 Å². The number of rotatable bonds is 3. The van der Waals surface area contributed by atoms with Crippen molar-refractivity contribution in [1.29, 1.82) is 0 Å². The van der Waals surface area contributed by atoms with E-state index in [1.807, 2.05) is 20.8 Å². The third kappa shape index (κ3) is 8.74. The van der Waals surface area contributed by atoms with E-state index in [1.54, 1.807) is 0 Å². The molecule has 0 aromatic carbocycles. The van der Waals surface area contributed by atoms with Crippen molar-refractivity contribution in [3.63, 3.8) is 0 Å². The van der Waals surface area contributed by atoms with Crippen molar-refractivity contribution >= 4 is 12.0 Å². The fraction of sp³-hybridized carbons (Fsp3) is 0.778. The van der Waals surface area contributed by atoms with Crippen molar-refractivity contribution in [1.82, 2.24) is 15.5 Å². The number of carbonyl (C=O) groups is 2. The van der Waals surface area contributed by atoms with Crippen LogP contribution in [0.2, 0.25) is 0 Å². The minimum Gasteiger partial charge on any atom is -0.444 e. The average molecular weight is 428 g/mol. The molecule has 1 saturated carbocycles. The summed E-state index contributed by atoms with van der Waals surface area (Å²) in [6.07, 6.45) is 4.79. The fourth-order valence-corrected chi connectivity index (χ4v) is 3.52. The Hall–Kier alpha value is -0.326. The molecule has 6 nitrogen and oxygen atoms in total. The molecule has 143 valence electrons. The van der Waals surface area contributed by atoms with Crippen molar-refractivity contribution in [2.75, 3.05) is 13.1 Å². The van der Waals surface area contributed by atoms with Crippen molar-refractivity contribution < 1.29 is 47.0 Å². The average Bonchev–Trinajstić information content (AvgIpc) is 2.85.